The lowest BCUT2D eigenvalue weighted by molar-refractivity contribution is -0.117. The first-order valence-electron chi connectivity index (χ1n) is 16.5. The summed E-state index contributed by atoms with van der Waals surface area (Å²) < 4.78 is 10.8. The molecule has 0 spiro atoms. The maximum atomic E-state index is 12.8. The van der Waals surface area contributed by atoms with Crippen molar-refractivity contribution in [3.05, 3.63) is 64.7 Å². The number of hydrogen-bond acceptors (Lipinski definition) is 11. The minimum Gasteiger partial charge on any atom is -0.378 e. The summed E-state index contributed by atoms with van der Waals surface area (Å²) in [5, 5.41) is 22.1. The first-order chi connectivity index (χ1) is 23.4. The van der Waals surface area contributed by atoms with Crippen LogP contribution in [0.4, 0.5) is 16.5 Å². The number of amides is 2. The SMILES string of the molecule is N=C(SC(N)=NC(=O)Cc1ccc(N2CCOCC2)cc1)[C@H]1CCC[C@H](c2nnc(NC(=O)Cc3ccc(N4CCOCC4)cc3)s2)C1. The smallest absolute Gasteiger partial charge is 0.252 e. The Hall–Kier alpha value is -3.85. The second-order valence-corrected chi connectivity index (χ2v) is 14.3. The average Bonchev–Trinajstić information content (AvgIpc) is 3.58. The van der Waals surface area contributed by atoms with Gasteiger partial charge in [0.15, 0.2) is 5.17 Å². The molecule has 6 rings (SSSR count). The van der Waals surface area contributed by atoms with Crippen molar-refractivity contribution in [2.75, 3.05) is 67.7 Å². The monoisotopic (exact) mass is 690 g/mol. The molecular formula is C34H42N8O4S2. The van der Waals surface area contributed by atoms with Gasteiger partial charge in [0, 0.05) is 49.4 Å². The Bertz CT molecular complexity index is 1590. The van der Waals surface area contributed by atoms with Gasteiger partial charge in [-0.2, -0.15) is 4.99 Å². The van der Waals surface area contributed by atoms with Gasteiger partial charge in [-0.05, 0) is 66.4 Å². The molecule has 2 amide bonds. The summed E-state index contributed by atoms with van der Waals surface area (Å²) in [4.78, 5) is 34.0. The zero-order valence-corrected chi connectivity index (χ0v) is 28.6. The molecule has 2 aliphatic heterocycles. The third-order valence-corrected chi connectivity index (χ3v) is 10.7. The second-order valence-electron chi connectivity index (χ2n) is 12.2. The van der Waals surface area contributed by atoms with Crippen molar-refractivity contribution in [3.8, 4) is 0 Å². The summed E-state index contributed by atoms with van der Waals surface area (Å²) in [7, 11) is 0. The topological polar surface area (TPSA) is 159 Å². The molecule has 3 aromatic rings. The van der Waals surface area contributed by atoms with Crippen LogP contribution in [-0.4, -0.2) is 84.8 Å². The van der Waals surface area contributed by atoms with Crippen LogP contribution in [0, 0.1) is 11.3 Å². The van der Waals surface area contributed by atoms with Crippen LogP contribution in [0.5, 0.6) is 0 Å². The predicted molar refractivity (Wildman–Crippen MR) is 192 cm³/mol. The Kier molecular flexibility index (Phi) is 11.7. The zero-order valence-electron chi connectivity index (χ0n) is 26.9. The number of ether oxygens (including phenoxy) is 2. The van der Waals surface area contributed by atoms with Crippen molar-refractivity contribution in [2.24, 2.45) is 16.6 Å². The Morgan fingerprint density at radius 3 is 2.08 bits per heavy atom. The van der Waals surface area contributed by atoms with Crippen LogP contribution in [0.3, 0.4) is 0 Å². The van der Waals surface area contributed by atoms with E-state index in [0.717, 1.165) is 118 Å². The maximum absolute atomic E-state index is 12.8. The van der Waals surface area contributed by atoms with E-state index in [1.165, 1.54) is 11.3 Å². The number of benzene rings is 2. The number of anilines is 3. The van der Waals surface area contributed by atoms with Crippen LogP contribution in [0.1, 0.15) is 47.7 Å². The average molecular weight is 691 g/mol. The summed E-state index contributed by atoms with van der Waals surface area (Å²) in [6, 6.07) is 16.0. The number of carbonyl (C=O) groups is 2. The molecule has 12 nitrogen and oxygen atoms in total. The van der Waals surface area contributed by atoms with E-state index < -0.39 is 0 Å². The molecule has 48 heavy (non-hydrogen) atoms. The van der Waals surface area contributed by atoms with Gasteiger partial charge in [-0.15, -0.1) is 10.2 Å². The van der Waals surface area contributed by atoms with Crippen molar-refractivity contribution in [3.63, 3.8) is 0 Å². The number of nitrogens with two attached hydrogens (primary N) is 1. The Morgan fingerprint density at radius 2 is 1.48 bits per heavy atom. The summed E-state index contributed by atoms with van der Waals surface area (Å²) >= 11 is 2.45. The fraction of sp³-hybridized carbons (Fsp3) is 0.471. The van der Waals surface area contributed by atoms with Crippen molar-refractivity contribution in [2.45, 2.75) is 44.4 Å². The van der Waals surface area contributed by atoms with Crippen molar-refractivity contribution in [1.82, 2.24) is 10.2 Å². The molecule has 2 atom stereocenters. The zero-order chi connectivity index (χ0) is 33.3. The number of aromatic nitrogens is 2. The minimum absolute atomic E-state index is 0.00675. The predicted octanol–water partition coefficient (Wildman–Crippen LogP) is 4.46. The fourth-order valence-corrected chi connectivity index (χ4v) is 7.96. The van der Waals surface area contributed by atoms with Crippen LogP contribution in [-0.2, 0) is 31.9 Å². The van der Waals surface area contributed by atoms with E-state index in [4.69, 9.17) is 20.6 Å². The lowest BCUT2D eigenvalue weighted by Gasteiger charge is -2.28. The van der Waals surface area contributed by atoms with Crippen LogP contribution in [0.2, 0.25) is 0 Å². The number of thioether (sulfide) groups is 1. The van der Waals surface area contributed by atoms with Crippen molar-refractivity contribution >= 4 is 61.6 Å². The molecule has 0 radical (unpaired) electrons. The molecule has 14 heteroatoms. The van der Waals surface area contributed by atoms with Crippen LogP contribution < -0.4 is 20.9 Å². The summed E-state index contributed by atoms with van der Waals surface area (Å²) in [5.41, 5.74) is 10.2. The third-order valence-electron chi connectivity index (χ3n) is 8.88. The highest BCUT2D eigenvalue weighted by molar-refractivity contribution is 8.26. The van der Waals surface area contributed by atoms with Crippen LogP contribution >= 0.6 is 23.1 Å². The highest BCUT2D eigenvalue weighted by Crippen LogP contribution is 2.40. The number of nitrogens with zero attached hydrogens (tertiary/aromatic N) is 5. The van der Waals surface area contributed by atoms with Gasteiger partial charge < -0.3 is 30.3 Å². The standard InChI is InChI=1S/C34H42N8O4S2/c35-31(47-33(36)37-29(43)20-23-4-8-27(9-5-23)41-12-16-45-17-13-41)25-2-1-3-26(22-25)32-39-40-34(48-32)38-30(44)21-24-6-10-28(11-7-24)42-14-18-46-19-15-42/h4-11,25-26,35H,1-3,12-22H2,(H2,36,37,43)(H,38,40,44)/t25-,26-/m0/s1. The Morgan fingerprint density at radius 1 is 0.896 bits per heavy atom. The van der Waals surface area contributed by atoms with E-state index in [1.54, 1.807) is 0 Å². The number of amidine groups is 1. The lowest BCUT2D eigenvalue weighted by atomic mass is 9.82. The van der Waals surface area contributed by atoms with Gasteiger partial charge in [0.2, 0.25) is 11.0 Å². The first kappa shape index (κ1) is 34.0. The third kappa shape index (κ3) is 9.40. The summed E-state index contributed by atoms with van der Waals surface area (Å²) in [6.45, 7) is 6.36. The Balaban J connectivity index is 0.952. The van der Waals surface area contributed by atoms with Crippen molar-refractivity contribution in [1.29, 1.82) is 5.41 Å². The lowest BCUT2D eigenvalue weighted by Crippen LogP contribution is -2.36. The number of carbonyl (C=O) groups excluding carboxylic acids is 2. The van der Waals surface area contributed by atoms with E-state index in [1.807, 2.05) is 36.4 Å². The second kappa shape index (κ2) is 16.5. The van der Waals surface area contributed by atoms with Gasteiger partial charge in [-0.1, -0.05) is 42.0 Å². The number of morpholine rings is 2. The number of aliphatic imine (C=N–C) groups is 1. The van der Waals surface area contributed by atoms with Gasteiger partial charge in [-0.25, -0.2) is 0 Å². The van der Waals surface area contributed by atoms with Crippen LogP contribution in [0.15, 0.2) is 53.5 Å². The van der Waals surface area contributed by atoms with Crippen LogP contribution in [0.25, 0.3) is 0 Å². The molecule has 1 saturated carbocycles. The molecule has 4 N–H and O–H groups in total. The molecule has 0 bridgehead atoms. The van der Waals surface area contributed by atoms with E-state index in [9.17, 15) is 9.59 Å². The largest absolute Gasteiger partial charge is 0.378 e. The van der Waals surface area contributed by atoms with E-state index in [0.29, 0.717) is 10.2 Å². The van der Waals surface area contributed by atoms with Gasteiger partial charge in [0.25, 0.3) is 5.91 Å². The van der Waals surface area contributed by atoms with E-state index in [2.05, 4.69) is 42.4 Å². The van der Waals surface area contributed by atoms with E-state index >= 15 is 0 Å². The molecule has 1 aromatic heterocycles. The number of hydrogen-bond donors (Lipinski definition) is 3. The molecule has 3 heterocycles. The van der Waals surface area contributed by atoms with Gasteiger partial charge in [-0.3, -0.25) is 15.0 Å². The van der Waals surface area contributed by atoms with Gasteiger partial charge in [0.05, 0.1) is 44.3 Å². The molecule has 3 aliphatic rings. The molecule has 1 aliphatic carbocycles. The maximum Gasteiger partial charge on any atom is 0.252 e. The quantitative estimate of drug-likeness (QED) is 0.216. The molecule has 2 aromatic carbocycles. The highest BCUT2D eigenvalue weighted by Gasteiger charge is 2.29. The van der Waals surface area contributed by atoms with Gasteiger partial charge >= 0.3 is 0 Å². The summed E-state index contributed by atoms with van der Waals surface area (Å²) in [5.74, 6) is -0.332. The fourth-order valence-electron chi connectivity index (χ4n) is 6.30. The highest BCUT2D eigenvalue weighted by atomic mass is 32.2. The molecule has 2 saturated heterocycles. The normalized spacial score (nSPS) is 20.4. The Labute approximate surface area is 289 Å². The van der Waals surface area contributed by atoms with E-state index in [-0.39, 0.29) is 41.7 Å². The molecule has 254 valence electrons. The minimum atomic E-state index is -0.332. The number of rotatable bonds is 9. The van der Waals surface area contributed by atoms with Gasteiger partial charge in [0.1, 0.15) is 5.01 Å². The first-order valence-corrected chi connectivity index (χ1v) is 18.1. The number of nitrogens with one attached hydrogen (secondary N) is 2. The summed E-state index contributed by atoms with van der Waals surface area (Å²) in [6.07, 6.45) is 3.90. The van der Waals surface area contributed by atoms with Crippen molar-refractivity contribution < 1.29 is 19.1 Å². The molecular weight excluding hydrogens is 649 g/mol. The molecule has 3 fully saturated rings. The molecule has 0 unspecified atom stereocenters.